The van der Waals surface area contributed by atoms with Crippen LogP contribution in [0.25, 0.3) is 22.0 Å². The summed E-state index contributed by atoms with van der Waals surface area (Å²) in [6.45, 7) is 2.21. The summed E-state index contributed by atoms with van der Waals surface area (Å²) in [6.07, 6.45) is 3.92. The molecule has 1 N–H and O–H groups in total. The van der Waals surface area contributed by atoms with Gasteiger partial charge in [-0.3, -0.25) is 14.5 Å². The van der Waals surface area contributed by atoms with E-state index in [9.17, 15) is 9.59 Å². The molecule has 1 amide bonds. The second-order valence-corrected chi connectivity index (χ2v) is 10.9. The van der Waals surface area contributed by atoms with Crippen LogP contribution in [0.5, 0.6) is 0 Å². The van der Waals surface area contributed by atoms with E-state index in [1.54, 1.807) is 5.01 Å². The first-order chi connectivity index (χ1) is 18.6. The molecule has 2 aliphatic rings. The normalized spacial score (nSPS) is 18.1. The van der Waals surface area contributed by atoms with Crippen LogP contribution in [-0.2, 0) is 4.79 Å². The van der Waals surface area contributed by atoms with E-state index < -0.39 is 0 Å². The van der Waals surface area contributed by atoms with Crippen LogP contribution in [0.15, 0.2) is 93.2 Å². The number of amides is 1. The van der Waals surface area contributed by atoms with Crippen molar-refractivity contribution in [3.8, 4) is 11.1 Å². The number of hydrogen-bond donors (Lipinski definition) is 1. The van der Waals surface area contributed by atoms with Crippen molar-refractivity contribution in [2.75, 3.05) is 19.6 Å². The molecule has 0 saturated carbocycles. The number of nitrogens with zero attached hydrogens (tertiary/aromatic N) is 3. The lowest BCUT2D eigenvalue weighted by molar-refractivity contribution is -0.134. The summed E-state index contributed by atoms with van der Waals surface area (Å²) in [5.41, 5.74) is 4.50. The van der Waals surface area contributed by atoms with E-state index in [0.717, 1.165) is 58.0 Å². The predicted octanol–water partition coefficient (Wildman–Crippen LogP) is 6.12. The standard InChI is InChI=1S/C31H29BrN4O2/c32-23-14-15-25-24(18-23)29(22-12-6-2-7-13-22)30(31(38)33-25)26-19-27(21-10-4-1-5-11-21)36(34-26)28(37)20-35-16-8-3-9-17-35/h1-2,4-7,10-15,18,27H,3,8-9,16-17,19-20H2,(H,33,38)/t27-/m1/s1. The quantitative estimate of drug-likeness (QED) is 0.315. The van der Waals surface area contributed by atoms with Crippen molar-refractivity contribution >= 4 is 38.5 Å². The van der Waals surface area contributed by atoms with Crippen LogP contribution in [0.2, 0.25) is 0 Å². The van der Waals surface area contributed by atoms with Crippen molar-refractivity contribution in [2.45, 2.75) is 31.7 Å². The largest absolute Gasteiger partial charge is 0.321 e. The molecule has 0 aliphatic carbocycles. The van der Waals surface area contributed by atoms with Crippen LogP contribution in [0.1, 0.15) is 42.9 Å². The van der Waals surface area contributed by atoms with Crippen LogP contribution in [0.4, 0.5) is 0 Å². The van der Waals surface area contributed by atoms with Gasteiger partial charge < -0.3 is 4.98 Å². The SMILES string of the molecule is O=C(CN1CCCCC1)N1N=C(c2c(-c3ccccc3)c3cc(Br)ccc3[nH]c2=O)C[C@@H]1c1ccccc1. The molecule has 1 atom stereocenters. The van der Waals surface area contributed by atoms with Crippen molar-refractivity contribution in [2.24, 2.45) is 5.10 Å². The molecule has 0 spiro atoms. The van der Waals surface area contributed by atoms with Crippen LogP contribution < -0.4 is 5.56 Å². The van der Waals surface area contributed by atoms with Gasteiger partial charge in [-0.15, -0.1) is 0 Å². The minimum absolute atomic E-state index is 0.0306. The molecular formula is C31H29BrN4O2. The Bertz CT molecular complexity index is 1560. The van der Waals surface area contributed by atoms with Gasteiger partial charge in [0, 0.05) is 27.4 Å². The first kappa shape index (κ1) is 24.8. The number of nitrogens with one attached hydrogen (secondary N) is 1. The van der Waals surface area contributed by atoms with Crippen LogP contribution in [0.3, 0.4) is 0 Å². The first-order valence-corrected chi connectivity index (χ1v) is 14.0. The predicted molar refractivity (Wildman–Crippen MR) is 155 cm³/mol. The summed E-state index contributed by atoms with van der Waals surface area (Å²) in [5.74, 6) is -0.0306. The van der Waals surface area contributed by atoms with Crippen molar-refractivity contribution in [3.05, 3.63) is 105 Å². The molecule has 1 aromatic heterocycles. The van der Waals surface area contributed by atoms with Gasteiger partial charge in [0.1, 0.15) is 0 Å². The molecule has 4 aromatic rings. The summed E-state index contributed by atoms with van der Waals surface area (Å²) in [7, 11) is 0. The second-order valence-electron chi connectivity index (χ2n) is 10.0. The number of likely N-dealkylation sites (tertiary alicyclic amines) is 1. The number of carbonyl (C=O) groups is 1. The minimum Gasteiger partial charge on any atom is -0.321 e. The third kappa shape index (κ3) is 4.84. The maximum absolute atomic E-state index is 13.7. The molecule has 0 bridgehead atoms. The monoisotopic (exact) mass is 568 g/mol. The lowest BCUT2D eigenvalue weighted by Gasteiger charge is -2.29. The third-order valence-electron chi connectivity index (χ3n) is 7.49. The van der Waals surface area contributed by atoms with E-state index in [-0.39, 0.29) is 17.5 Å². The number of fused-ring (bicyclic) bond motifs is 1. The van der Waals surface area contributed by atoms with Gasteiger partial charge in [-0.25, -0.2) is 5.01 Å². The molecule has 1 saturated heterocycles. The highest BCUT2D eigenvalue weighted by molar-refractivity contribution is 9.10. The zero-order chi connectivity index (χ0) is 26.1. The van der Waals surface area contributed by atoms with Crippen molar-refractivity contribution in [1.29, 1.82) is 0 Å². The number of benzene rings is 3. The zero-order valence-corrected chi connectivity index (χ0v) is 22.7. The fourth-order valence-corrected chi connectivity index (χ4v) is 6.01. The number of pyridine rings is 1. The van der Waals surface area contributed by atoms with Crippen molar-refractivity contribution in [3.63, 3.8) is 0 Å². The third-order valence-corrected chi connectivity index (χ3v) is 7.98. The average molecular weight is 570 g/mol. The Morgan fingerprint density at radius 1 is 0.921 bits per heavy atom. The van der Waals surface area contributed by atoms with E-state index >= 15 is 0 Å². The Morgan fingerprint density at radius 3 is 2.37 bits per heavy atom. The number of aromatic amines is 1. The van der Waals surface area contributed by atoms with Crippen molar-refractivity contribution < 1.29 is 4.79 Å². The first-order valence-electron chi connectivity index (χ1n) is 13.2. The van der Waals surface area contributed by atoms with Crippen LogP contribution in [-0.4, -0.2) is 46.1 Å². The highest BCUT2D eigenvalue weighted by Gasteiger charge is 2.36. The van der Waals surface area contributed by atoms with Gasteiger partial charge in [-0.05, 0) is 55.3 Å². The molecular weight excluding hydrogens is 540 g/mol. The van der Waals surface area contributed by atoms with Gasteiger partial charge in [-0.1, -0.05) is 83.0 Å². The Labute approximate surface area is 230 Å². The van der Waals surface area contributed by atoms with Crippen molar-refractivity contribution in [1.82, 2.24) is 14.9 Å². The minimum atomic E-state index is -0.260. The van der Waals surface area contributed by atoms with E-state index in [0.29, 0.717) is 24.2 Å². The molecule has 38 heavy (non-hydrogen) atoms. The summed E-state index contributed by atoms with van der Waals surface area (Å²) >= 11 is 3.60. The maximum Gasteiger partial charge on any atom is 0.258 e. The molecule has 3 aromatic carbocycles. The number of rotatable bonds is 5. The number of H-pyrrole nitrogens is 1. The van der Waals surface area contributed by atoms with Crippen LogP contribution >= 0.6 is 15.9 Å². The van der Waals surface area contributed by atoms with E-state index in [1.807, 2.05) is 78.9 Å². The molecule has 6 rings (SSSR count). The van der Waals surface area contributed by atoms with Gasteiger partial charge in [0.2, 0.25) is 0 Å². The zero-order valence-electron chi connectivity index (χ0n) is 21.1. The lowest BCUT2D eigenvalue weighted by Crippen LogP contribution is -2.40. The molecule has 6 nitrogen and oxygen atoms in total. The number of carbonyl (C=O) groups excluding carboxylic acids is 1. The number of halogens is 1. The highest BCUT2D eigenvalue weighted by atomic mass is 79.9. The van der Waals surface area contributed by atoms with Gasteiger partial charge in [0.15, 0.2) is 0 Å². The molecule has 0 radical (unpaired) electrons. The Balaban J connectivity index is 1.49. The maximum atomic E-state index is 13.7. The average Bonchev–Trinajstić information content (AvgIpc) is 3.39. The summed E-state index contributed by atoms with van der Waals surface area (Å²) in [5, 5.41) is 7.45. The number of aromatic nitrogens is 1. The smallest absolute Gasteiger partial charge is 0.258 e. The second kappa shape index (κ2) is 10.7. The Kier molecular flexibility index (Phi) is 6.96. The fraction of sp³-hybridized carbons (Fsp3) is 0.258. The highest BCUT2D eigenvalue weighted by Crippen LogP contribution is 2.37. The fourth-order valence-electron chi connectivity index (χ4n) is 5.65. The molecule has 0 unspecified atom stereocenters. The summed E-state index contributed by atoms with van der Waals surface area (Å²) in [4.78, 5) is 32.6. The number of hydrogen-bond acceptors (Lipinski definition) is 4. The summed E-state index contributed by atoms with van der Waals surface area (Å²) in [6, 6.07) is 25.5. The topological polar surface area (TPSA) is 68.8 Å². The Hall–Kier alpha value is -3.55. The molecule has 2 aliphatic heterocycles. The van der Waals surface area contributed by atoms with Crippen LogP contribution in [0, 0.1) is 0 Å². The summed E-state index contributed by atoms with van der Waals surface area (Å²) < 4.78 is 0.925. The van der Waals surface area contributed by atoms with Gasteiger partial charge >= 0.3 is 0 Å². The van der Waals surface area contributed by atoms with E-state index in [4.69, 9.17) is 5.10 Å². The lowest BCUT2D eigenvalue weighted by atomic mass is 9.91. The van der Waals surface area contributed by atoms with E-state index in [2.05, 4.69) is 25.8 Å². The van der Waals surface area contributed by atoms with Gasteiger partial charge in [-0.2, -0.15) is 5.10 Å². The Morgan fingerprint density at radius 2 is 1.63 bits per heavy atom. The molecule has 7 heteroatoms. The van der Waals surface area contributed by atoms with Gasteiger partial charge in [0.05, 0.1) is 23.9 Å². The molecule has 3 heterocycles. The number of hydrazone groups is 1. The van der Waals surface area contributed by atoms with E-state index in [1.165, 1.54) is 6.42 Å². The van der Waals surface area contributed by atoms with Gasteiger partial charge in [0.25, 0.3) is 11.5 Å². The molecule has 192 valence electrons. The number of piperidine rings is 1. The molecule has 1 fully saturated rings.